The van der Waals surface area contributed by atoms with E-state index in [0.717, 1.165) is 17.1 Å². The number of hydrogen-bond donors (Lipinski definition) is 1. The molecule has 2 rings (SSSR count). The van der Waals surface area contributed by atoms with Crippen molar-refractivity contribution in [1.82, 2.24) is 0 Å². The fourth-order valence-electron chi connectivity index (χ4n) is 2.12. The van der Waals surface area contributed by atoms with E-state index in [1.54, 1.807) is 14.2 Å². The molecule has 1 aliphatic rings. The lowest BCUT2D eigenvalue weighted by molar-refractivity contribution is 0.392. The Morgan fingerprint density at radius 2 is 1.88 bits per heavy atom. The number of benzene rings is 1. The van der Waals surface area contributed by atoms with Crippen LogP contribution in [0.4, 0.5) is 0 Å². The predicted molar refractivity (Wildman–Crippen MR) is 72.0 cm³/mol. The summed E-state index contributed by atoms with van der Waals surface area (Å²) in [5.74, 6) is 2.83. The number of ether oxygens (including phenoxy) is 2. The van der Waals surface area contributed by atoms with E-state index in [1.165, 1.54) is 18.6 Å². The van der Waals surface area contributed by atoms with Gasteiger partial charge < -0.3 is 15.2 Å². The SMILES string of the molecule is COc1cc(OC)cc(C(N)C2CCCS2)c1. The van der Waals surface area contributed by atoms with Crippen LogP contribution in [0.25, 0.3) is 0 Å². The quantitative estimate of drug-likeness (QED) is 0.896. The molecule has 0 bridgehead atoms. The third-order valence-corrected chi connectivity index (χ3v) is 4.61. The van der Waals surface area contributed by atoms with Crippen LogP contribution in [0.1, 0.15) is 24.4 Å². The summed E-state index contributed by atoms with van der Waals surface area (Å²) in [6.45, 7) is 0. The van der Waals surface area contributed by atoms with Crippen molar-refractivity contribution in [2.45, 2.75) is 24.1 Å². The van der Waals surface area contributed by atoms with Gasteiger partial charge in [0.25, 0.3) is 0 Å². The molecule has 17 heavy (non-hydrogen) atoms. The van der Waals surface area contributed by atoms with Crippen molar-refractivity contribution < 1.29 is 9.47 Å². The van der Waals surface area contributed by atoms with E-state index in [9.17, 15) is 0 Å². The first-order valence-corrected chi connectivity index (χ1v) is 6.89. The molecule has 1 saturated heterocycles. The molecule has 94 valence electrons. The number of methoxy groups -OCH3 is 2. The van der Waals surface area contributed by atoms with E-state index in [2.05, 4.69) is 0 Å². The zero-order valence-electron chi connectivity index (χ0n) is 10.3. The van der Waals surface area contributed by atoms with E-state index in [4.69, 9.17) is 15.2 Å². The highest BCUT2D eigenvalue weighted by molar-refractivity contribution is 8.00. The van der Waals surface area contributed by atoms with Gasteiger partial charge in [-0.2, -0.15) is 11.8 Å². The topological polar surface area (TPSA) is 44.5 Å². The van der Waals surface area contributed by atoms with Crippen LogP contribution in [0.15, 0.2) is 18.2 Å². The molecule has 0 amide bonds. The Morgan fingerprint density at radius 1 is 1.24 bits per heavy atom. The molecule has 2 N–H and O–H groups in total. The predicted octanol–water partition coefficient (Wildman–Crippen LogP) is 2.60. The van der Waals surface area contributed by atoms with Gasteiger partial charge in [0.1, 0.15) is 11.5 Å². The number of hydrogen-bond acceptors (Lipinski definition) is 4. The lowest BCUT2D eigenvalue weighted by Gasteiger charge is -2.20. The highest BCUT2D eigenvalue weighted by Gasteiger charge is 2.24. The van der Waals surface area contributed by atoms with Crippen LogP contribution in [0.3, 0.4) is 0 Å². The average molecular weight is 253 g/mol. The zero-order chi connectivity index (χ0) is 12.3. The molecule has 2 atom stereocenters. The average Bonchev–Trinajstić information content (AvgIpc) is 2.91. The maximum Gasteiger partial charge on any atom is 0.122 e. The molecule has 1 aromatic rings. The van der Waals surface area contributed by atoms with Crippen molar-refractivity contribution in [2.24, 2.45) is 5.73 Å². The Hall–Kier alpha value is -0.870. The molecule has 0 spiro atoms. The Labute approximate surface area is 107 Å². The lowest BCUT2D eigenvalue weighted by atomic mass is 10.0. The smallest absolute Gasteiger partial charge is 0.122 e. The van der Waals surface area contributed by atoms with E-state index in [1.807, 2.05) is 30.0 Å². The van der Waals surface area contributed by atoms with Crippen LogP contribution in [0, 0.1) is 0 Å². The van der Waals surface area contributed by atoms with Crippen molar-refractivity contribution in [3.05, 3.63) is 23.8 Å². The van der Waals surface area contributed by atoms with Crippen molar-refractivity contribution >= 4 is 11.8 Å². The van der Waals surface area contributed by atoms with E-state index < -0.39 is 0 Å². The van der Waals surface area contributed by atoms with Crippen LogP contribution in [0.2, 0.25) is 0 Å². The Morgan fingerprint density at radius 3 is 2.35 bits per heavy atom. The fraction of sp³-hybridized carbons (Fsp3) is 0.538. The zero-order valence-corrected chi connectivity index (χ0v) is 11.1. The Kier molecular flexibility index (Phi) is 4.18. The summed E-state index contributed by atoms with van der Waals surface area (Å²) in [5, 5.41) is 0.520. The van der Waals surface area contributed by atoms with Crippen LogP contribution in [0.5, 0.6) is 11.5 Å². The summed E-state index contributed by atoms with van der Waals surface area (Å²) in [4.78, 5) is 0. The van der Waals surface area contributed by atoms with Crippen LogP contribution < -0.4 is 15.2 Å². The molecule has 1 aliphatic heterocycles. The van der Waals surface area contributed by atoms with Crippen molar-refractivity contribution in [1.29, 1.82) is 0 Å². The third-order valence-electron chi connectivity index (χ3n) is 3.12. The summed E-state index contributed by atoms with van der Waals surface area (Å²) in [5.41, 5.74) is 7.41. The lowest BCUT2D eigenvalue weighted by Crippen LogP contribution is -2.21. The number of rotatable bonds is 4. The molecule has 1 heterocycles. The molecule has 0 aromatic heterocycles. The first-order chi connectivity index (χ1) is 8.24. The highest BCUT2D eigenvalue weighted by Crippen LogP contribution is 2.36. The molecule has 2 unspecified atom stereocenters. The molecule has 1 aromatic carbocycles. The maximum absolute atomic E-state index is 6.32. The molecular formula is C13H19NO2S. The summed E-state index contributed by atoms with van der Waals surface area (Å²) >= 11 is 1.97. The van der Waals surface area contributed by atoms with E-state index in [0.29, 0.717) is 5.25 Å². The minimum Gasteiger partial charge on any atom is -0.497 e. The maximum atomic E-state index is 6.32. The second-order valence-corrected chi connectivity index (χ2v) is 5.57. The van der Waals surface area contributed by atoms with Crippen LogP contribution >= 0.6 is 11.8 Å². The number of thioether (sulfide) groups is 1. The van der Waals surface area contributed by atoms with Gasteiger partial charge in [0.2, 0.25) is 0 Å². The van der Waals surface area contributed by atoms with Gasteiger partial charge >= 0.3 is 0 Å². The first kappa shape index (κ1) is 12.6. The van der Waals surface area contributed by atoms with Gasteiger partial charge in [-0.25, -0.2) is 0 Å². The molecule has 4 heteroatoms. The minimum absolute atomic E-state index is 0.0616. The van der Waals surface area contributed by atoms with Gasteiger partial charge in [0, 0.05) is 17.4 Å². The molecule has 1 fully saturated rings. The van der Waals surface area contributed by atoms with Crippen LogP contribution in [-0.2, 0) is 0 Å². The van der Waals surface area contributed by atoms with Crippen molar-refractivity contribution in [3.63, 3.8) is 0 Å². The van der Waals surface area contributed by atoms with Gasteiger partial charge in [-0.05, 0) is 36.3 Å². The molecule has 3 nitrogen and oxygen atoms in total. The van der Waals surface area contributed by atoms with Crippen LogP contribution in [-0.4, -0.2) is 25.2 Å². The van der Waals surface area contributed by atoms with Crippen molar-refractivity contribution in [3.8, 4) is 11.5 Å². The molecule has 0 saturated carbocycles. The fourth-order valence-corrected chi connectivity index (χ4v) is 3.46. The van der Waals surface area contributed by atoms with E-state index >= 15 is 0 Å². The third kappa shape index (κ3) is 2.87. The normalized spacial score (nSPS) is 21.2. The Balaban J connectivity index is 2.23. The summed E-state index contributed by atoms with van der Waals surface area (Å²) in [7, 11) is 3.32. The van der Waals surface area contributed by atoms with E-state index in [-0.39, 0.29) is 6.04 Å². The van der Waals surface area contributed by atoms with Crippen molar-refractivity contribution in [2.75, 3.05) is 20.0 Å². The standard InChI is InChI=1S/C13H19NO2S/c1-15-10-6-9(7-11(8-10)16-2)13(14)12-4-3-5-17-12/h6-8,12-13H,3-5,14H2,1-2H3. The van der Waals surface area contributed by atoms with Gasteiger partial charge in [-0.15, -0.1) is 0 Å². The van der Waals surface area contributed by atoms with Gasteiger partial charge in [-0.3, -0.25) is 0 Å². The summed E-state index contributed by atoms with van der Waals surface area (Å²) in [6, 6.07) is 5.95. The van der Waals surface area contributed by atoms with Gasteiger partial charge in [0.15, 0.2) is 0 Å². The summed E-state index contributed by atoms with van der Waals surface area (Å²) in [6.07, 6.45) is 2.47. The van der Waals surface area contributed by atoms with Gasteiger partial charge in [0.05, 0.1) is 14.2 Å². The number of nitrogens with two attached hydrogens (primary N) is 1. The first-order valence-electron chi connectivity index (χ1n) is 5.84. The minimum atomic E-state index is 0.0616. The monoisotopic (exact) mass is 253 g/mol. The highest BCUT2D eigenvalue weighted by atomic mass is 32.2. The second-order valence-electron chi connectivity index (χ2n) is 4.22. The largest absolute Gasteiger partial charge is 0.497 e. The summed E-state index contributed by atoms with van der Waals surface area (Å²) < 4.78 is 10.5. The Bertz CT molecular complexity index is 355. The molecular weight excluding hydrogens is 234 g/mol. The second kappa shape index (κ2) is 5.65. The molecule has 0 aliphatic carbocycles. The molecule has 0 radical (unpaired) electrons. The van der Waals surface area contributed by atoms with Gasteiger partial charge in [-0.1, -0.05) is 0 Å².